The van der Waals surface area contributed by atoms with Gasteiger partial charge in [0, 0.05) is 12.0 Å². The lowest BCUT2D eigenvalue weighted by Crippen LogP contribution is -2.09. The summed E-state index contributed by atoms with van der Waals surface area (Å²) >= 11 is 0. The molecule has 0 unspecified atom stereocenters. The van der Waals surface area contributed by atoms with Gasteiger partial charge in [0.2, 0.25) is 12.9 Å². The molecule has 3 nitrogen and oxygen atoms in total. The average Bonchev–Trinajstić information content (AvgIpc) is 2.18. The zero-order chi connectivity index (χ0) is 9.68. The van der Waals surface area contributed by atoms with Gasteiger partial charge in [-0.1, -0.05) is 12.2 Å². The molecule has 0 fully saturated rings. The number of carbonyl (C=O) groups excluding carboxylic acids is 1. The molecule has 0 atom stereocenters. The van der Waals surface area contributed by atoms with Crippen LogP contribution in [0.2, 0.25) is 0 Å². The van der Waals surface area contributed by atoms with E-state index in [1.807, 2.05) is 18.2 Å². The normalized spacial score (nSPS) is 21.9. The zero-order valence-corrected chi connectivity index (χ0v) is 7.96. The Kier molecular flexibility index (Phi) is 3.31. The number of ketones is 1. The van der Waals surface area contributed by atoms with E-state index in [-0.39, 0.29) is 0 Å². The van der Waals surface area contributed by atoms with Crippen LogP contribution >= 0.6 is 0 Å². The third-order valence-electron chi connectivity index (χ3n) is 1.63. The van der Waals surface area contributed by atoms with Crippen LogP contribution in [0.25, 0.3) is 0 Å². The first-order chi connectivity index (χ1) is 6.33. The van der Waals surface area contributed by atoms with Crippen molar-refractivity contribution in [3.63, 3.8) is 0 Å². The summed E-state index contributed by atoms with van der Waals surface area (Å²) in [5.41, 5.74) is 0.690. The summed E-state index contributed by atoms with van der Waals surface area (Å²) in [6, 6.07) is 0. The third-order valence-corrected chi connectivity index (χ3v) is 1.63. The van der Waals surface area contributed by atoms with E-state index in [9.17, 15) is 0 Å². The van der Waals surface area contributed by atoms with Crippen LogP contribution in [0.4, 0.5) is 0 Å². The van der Waals surface area contributed by atoms with Gasteiger partial charge >= 0.3 is 0 Å². The second kappa shape index (κ2) is 4.50. The van der Waals surface area contributed by atoms with Crippen LogP contribution in [0, 0.1) is 6.26 Å². The van der Waals surface area contributed by atoms with Gasteiger partial charge in [-0.15, -0.1) is 0 Å². The predicted octanol–water partition coefficient (Wildman–Crippen LogP) is 1.15. The third kappa shape index (κ3) is 1.99. The van der Waals surface area contributed by atoms with Gasteiger partial charge in [0.15, 0.2) is 0 Å². The first-order valence-corrected chi connectivity index (χ1v) is 3.83. The molecule has 0 radical (unpaired) electrons. The van der Waals surface area contributed by atoms with E-state index >= 15 is 0 Å². The minimum atomic E-state index is 0.682. The highest BCUT2D eigenvalue weighted by atomic mass is 16.5. The standard InChI is InChI=1S/C10H12O3/c1-11-7-8-9(12-2)5-4-6-10(8)13-3/h4-6H,1-3H3. The highest BCUT2D eigenvalue weighted by molar-refractivity contribution is 6.07. The first-order valence-electron chi connectivity index (χ1n) is 3.83. The Balaban J connectivity index is 3.04. The molecule has 13 heavy (non-hydrogen) atoms. The van der Waals surface area contributed by atoms with E-state index in [0.717, 1.165) is 0 Å². The molecule has 0 amide bonds. The van der Waals surface area contributed by atoms with Crippen LogP contribution in [-0.2, 0) is 13.9 Å². The molecule has 0 spiro atoms. The van der Waals surface area contributed by atoms with Crippen LogP contribution in [0.5, 0.6) is 0 Å². The summed E-state index contributed by atoms with van der Waals surface area (Å²) in [5.74, 6) is 1.36. The van der Waals surface area contributed by atoms with Gasteiger partial charge in [0.05, 0.1) is 14.2 Å². The molecule has 0 aliphatic heterocycles. The summed E-state index contributed by atoms with van der Waals surface area (Å²) in [6.45, 7) is 0. The maximum absolute atomic E-state index is 5.12. The number of hydrogen-bond acceptors (Lipinski definition) is 2. The topological polar surface area (TPSA) is 29.8 Å². The molecule has 0 saturated heterocycles. The predicted molar refractivity (Wildman–Crippen MR) is 48.9 cm³/mol. The van der Waals surface area contributed by atoms with E-state index < -0.39 is 0 Å². The van der Waals surface area contributed by atoms with Crippen LogP contribution in [0.15, 0.2) is 29.6 Å². The molecule has 0 aromatic rings. The van der Waals surface area contributed by atoms with E-state index in [2.05, 4.69) is 6.26 Å². The number of allylic oxidation sites excluding steroid dienone is 4. The van der Waals surface area contributed by atoms with Crippen molar-refractivity contribution in [1.82, 2.24) is 0 Å². The second-order valence-electron chi connectivity index (χ2n) is 2.34. The van der Waals surface area contributed by atoms with Crippen LogP contribution in [-0.4, -0.2) is 27.1 Å². The largest absolute Gasteiger partial charge is 0.562 e. The zero-order valence-electron chi connectivity index (χ0n) is 7.96. The summed E-state index contributed by atoms with van der Waals surface area (Å²) in [6.07, 6.45) is 8.19. The molecule has 1 rings (SSSR count). The molecule has 0 saturated carbocycles. The van der Waals surface area contributed by atoms with Crippen molar-refractivity contribution >= 4 is 5.78 Å². The molecule has 3 heteroatoms. The van der Waals surface area contributed by atoms with Gasteiger partial charge in [-0.2, -0.15) is 0 Å². The van der Waals surface area contributed by atoms with Crippen molar-refractivity contribution in [3.05, 3.63) is 35.8 Å². The molecule has 0 N–H and O–H groups in total. The fraction of sp³-hybridized carbons (Fsp3) is 0.300. The number of ether oxygens (including phenoxy) is 2. The van der Waals surface area contributed by atoms with E-state index in [4.69, 9.17) is 13.9 Å². The fourth-order valence-corrected chi connectivity index (χ4v) is 1.05. The van der Waals surface area contributed by atoms with Crippen molar-refractivity contribution in [2.24, 2.45) is 0 Å². The molecule has 1 aliphatic carbocycles. The smallest absolute Gasteiger partial charge is 0.249 e. The van der Waals surface area contributed by atoms with Gasteiger partial charge in [0.25, 0.3) is 0 Å². The van der Waals surface area contributed by atoms with E-state index in [0.29, 0.717) is 17.1 Å². The maximum Gasteiger partial charge on any atom is 0.249 e. The molecule has 0 bridgehead atoms. The van der Waals surface area contributed by atoms with Gasteiger partial charge in [-0.05, 0) is 11.6 Å². The van der Waals surface area contributed by atoms with Crippen molar-refractivity contribution in [2.75, 3.05) is 21.3 Å². The molecule has 0 aromatic heterocycles. The van der Waals surface area contributed by atoms with Crippen molar-refractivity contribution < 1.29 is 13.9 Å². The van der Waals surface area contributed by atoms with E-state index in [1.165, 1.54) is 7.11 Å². The maximum atomic E-state index is 5.12. The second-order valence-corrected chi connectivity index (χ2v) is 2.34. The SMILES string of the molecule is CO[C-]=C1C(OC)=CC=CC1=[O+]C. The molecular formula is C10H12O3. The summed E-state index contributed by atoms with van der Waals surface area (Å²) in [7, 11) is 4.72. The summed E-state index contributed by atoms with van der Waals surface area (Å²) in [4.78, 5) is 0. The Hall–Kier alpha value is -1.51. The minimum absolute atomic E-state index is 0.682. The summed E-state index contributed by atoms with van der Waals surface area (Å²) in [5, 5.41) is 0. The highest BCUT2D eigenvalue weighted by Gasteiger charge is 2.12. The van der Waals surface area contributed by atoms with Crippen LogP contribution < -0.4 is 0 Å². The lowest BCUT2D eigenvalue weighted by atomic mass is 10.1. The lowest BCUT2D eigenvalue weighted by molar-refractivity contribution is -0.418. The average molecular weight is 180 g/mol. The minimum Gasteiger partial charge on any atom is -0.562 e. The molecule has 1 aliphatic rings. The molecule has 0 heterocycles. The molecule has 0 aromatic carbocycles. The van der Waals surface area contributed by atoms with Gasteiger partial charge in [0.1, 0.15) is 0 Å². The summed E-state index contributed by atoms with van der Waals surface area (Å²) < 4.78 is 15.0. The fourth-order valence-electron chi connectivity index (χ4n) is 1.05. The van der Waals surface area contributed by atoms with Crippen LogP contribution in [0.3, 0.4) is 0 Å². The van der Waals surface area contributed by atoms with Crippen molar-refractivity contribution in [2.45, 2.75) is 0 Å². The number of rotatable bonds is 2. The number of methoxy groups -OCH3 is 2. The Morgan fingerprint density at radius 3 is 2.69 bits per heavy atom. The Morgan fingerprint density at radius 2 is 2.15 bits per heavy atom. The highest BCUT2D eigenvalue weighted by Crippen LogP contribution is 2.16. The molecule has 70 valence electrons. The molecular weight excluding hydrogens is 168 g/mol. The van der Waals surface area contributed by atoms with Crippen LogP contribution in [0.1, 0.15) is 0 Å². The monoisotopic (exact) mass is 180 g/mol. The first kappa shape index (κ1) is 9.58. The van der Waals surface area contributed by atoms with Gasteiger partial charge < -0.3 is 13.9 Å². The van der Waals surface area contributed by atoms with Gasteiger partial charge in [-0.25, -0.2) is 0 Å². The Morgan fingerprint density at radius 1 is 1.38 bits per heavy atom. The quantitative estimate of drug-likeness (QED) is 0.276. The Bertz CT molecular complexity index is 295. The van der Waals surface area contributed by atoms with Crippen molar-refractivity contribution in [3.8, 4) is 0 Å². The Labute approximate surface area is 77.7 Å². The lowest BCUT2D eigenvalue weighted by Gasteiger charge is -2.16. The van der Waals surface area contributed by atoms with E-state index in [1.54, 1.807) is 14.2 Å². The van der Waals surface area contributed by atoms with Gasteiger partial charge in [-0.3, -0.25) is 0 Å². The number of hydrogen-bond donors (Lipinski definition) is 0. The van der Waals surface area contributed by atoms with Crippen molar-refractivity contribution in [1.29, 1.82) is 0 Å².